The summed E-state index contributed by atoms with van der Waals surface area (Å²) in [6, 6.07) is 0. The second-order valence-electron chi connectivity index (χ2n) is 4.77. The van der Waals surface area contributed by atoms with Gasteiger partial charge < -0.3 is 16.2 Å². The Labute approximate surface area is 100 Å². The van der Waals surface area contributed by atoms with Crippen molar-refractivity contribution in [2.45, 2.75) is 26.7 Å². The van der Waals surface area contributed by atoms with Gasteiger partial charge in [0, 0.05) is 13.2 Å². The molecule has 0 saturated heterocycles. The molecule has 0 bridgehead atoms. The van der Waals surface area contributed by atoms with Crippen LogP contribution in [0.3, 0.4) is 0 Å². The van der Waals surface area contributed by atoms with Crippen LogP contribution in [-0.2, 0) is 0 Å². The van der Waals surface area contributed by atoms with E-state index in [4.69, 9.17) is 10.8 Å². The zero-order valence-electron chi connectivity index (χ0n) is 10.2. The Morgan fingerprint density at radius 3 is 2.88 bits per heavy atom. The predicted molar refractivity (Wildman–Crippen MR) is 65.0 cm³/mol. The molecule has 1 aromatic rings. The molecule has 1 heterocycles. The van der Waals surface area contributed by atoms with Crippen LogP contribution in [0, 0.1) is 11.2 Å². The van der Waals surface area contributed by atoms with Crippen molar-refractivity contribution in [3.05, 3.63) is 12.0 Å². The van der Waals surface area contributed by atoms with Crippen LogP contribution in [0.5, 0.6) is 0 Å². The molecule has 0 atom stereocenters. The van der Waals surface area contributed by atoms with Crippen LogP contribution in [0.4, 0.5) is 16.2 Å². The molecule has 0 aliphatic carbocycles. The van der Waals surface area contributed by atoms with Crippen molar-refractivity contribution in [3.63, 3.8) is 0 Å². The van der Waals surface area contributed by atoms with Gasteiger partial charge in [-0.25, -0.2) is 9.37 Å². The number of halogens is 1. The molecule has 0 saturated carbocycles. The van der Waals surface area contributed by atoms with Gasteiger partial charge in [-0.2, -0.15) is 4.98 Å². The fraction of sp³-hybridized carbons (Fsp3) is 0.636. The minimum absolute atomic E-state index is 0.0436. The first-order valence-electron chi connectivity index (χ1n) is 5.57. The van der Waals surface area contributed by atoms with Crippen LogP contribution < -0.4 is 11.1 Å². The third kappa shape index (κ3) is 4.52. The SMILES string of the molecule is CC(C)(CCCO)CNc1nc(N)ncc1F. The molecule has 5 nitrogen and oxygen atoms in total. The van der Waals surface area contributed by atoms with E-state index in [9.17, 15) is 4.39 Å². The molecule has 0 aromatic carbocycles. The van der Waals surface area contributed by atoms with Crippen molar-refractivity contribution in [1.29, 1.82) is 0 Å². The fourth-order valence-corrected chi connectivity index (χ4v) is 1.47. The third-order valence-electron chi connectivity index (χ3n) is 2.51. The minimum Gasteiger partial charge on any atom is -0.396 e. The summed E-state index contributed by atoms with van der Waals surface area (Å²) in [5.41, 5.74) is 5.34. The normalized spacial score (nSPS) is 11.5. The van der Waals surface area contributed by atoms with Crippen molar-refractivity contribution in [2.75, 3.05) is 24.2 Å². The van der Waals surface area contributed by atoms with Gasteiger partial charge in [-0.3, -0.25) is 0 Å². The highest BCUT2D eigenvalue weighted by atomic mass is 19.1. The highest BCUT2D eigenvalue weighted by Gasteiger charge is 2.18. The molecular weight excluding hydrogens is 223 g/mol. The van der Waals surface area contributed by atoms with E-state index in [0.717, 1.165) is 19.0 Å². The lowest BCUT2D eigenvalue weighted by molar-refractivity contribution is 0.247. The lowest BCUT2D eigenvalue weighted by atomic mass is 9.88. The number of nitrogens with one attached hydrogen (secondary N) is 1. The van der Waals surface area contributed by atoms with Crippen LogP contribution in [-0.4, -0.2) is 28.2 Å². The van der Waals surface area contributed by atoms with E-state index in [1.807, 2.05) is 13.8 Å². The van der Waals surface area contributed by atoms with Crippen LogP contribution in [0.25, 0.3) is 0 Å². The summed E-state index contributed by atoms with van der Waals surface area (Å²) in [7, 11) is 0. The van der Waals surface area contributed by atoms with E-state index < -0.39 is 5.82 Å². The average Bonchev–Trinajstić information content (AvgIpc) is 2.28. The molecule has 96 valence electrons. The molecule has 0 spiro atoms. The molecule has 0 fully saturated rings. The highest BCUT2D eigenvalue weighted by Crippen LogP contribution is 2.23. The van der Waals surface area contributed by atoms with Crippen molar-refractivity contribution in [3.8, 4) is 0 Å². The number of hydrogen-bond acceptors (Lipinski definition) is 5. The van der Waals surface area contributed by atoms with Gasteiger partial charge in [0.2, 0.25) is 5.95 Å². The molecule has 0 aliphatic heterocycles. The van der Waals surface area contributed by atoms with Crippen molar-refractivity contribution >= 4 is 11.8 Å². The second kappa shape index (κ2) is 5.77. The summed E-state index contributed by atoms with van der Waals surface area (Å²) < 4.78 is 13.3. The molecule has 0 aliphatic rings. The second-order valence-corrected chi connectivity index (χ2v) is 4.77. The number of aliphatic hydroxyl groups excluding tert-OH is 1. The summed E-state index contributed by atoms with van der Waals surface area (Å²) in [6.45, 7) is 4.80. The minimum atomic E-state index is -0.517. The average molecular weight is 242 g/mol. The standard InChI is InChI=1S/C11H19FN4O/c1-11(2,4-3-5-17)7-15-9-8(12)6-14-10(13)16-9/h6,17H,3-5,7H2,1-2H3,(H3,13,14,15,16). The summed E-state index contributed by atoms with van der Waals surface area (Å²) in [6.07, 6.45) is 2.62. The molecular formula is C11H19FN4O. The number of aliphatic hydroxyl groups is 1. The summed E-state index contributed by atoms with van der Waals surface area (Å²) >= 11 is 0. The molecule has 1 rings (SSSR count). The number of aromatic nitrogens is 2. The lowest BCUT2D eigenvalue weighted by Crippen LogP contribution is -2.24. The van der Waals surface area contributed by atoms with E-state index in [0.29, 0.717) is 6.54 Å². The first-order valence-corrected chi connectivity index (χ1v) is 5.57. The van der Waals surface area contributed by atoms with Crippen LogP contribution in [0.2, 0.25) is 0 Å². The summed E-state index contributed by atoms with van der Waals surface area (Å²) in [5.74, 6) is -0.353. The van der Waals surface area contributed by atoms with Gasteiger partial charge in [-0.15, -0.1) is 0 Å². The summed E-state index contributed by atoms with van der Waals surface area (Å²) in [5, 5.41) is 11.7. The zero-order valence-corrected chi connectivity index (χ0v) is 10.2. The van der Waals surface area contributed by atoms with Crippen molar-refractivity contribution < 1.29 is 9.50 Å². The number of nitrogens with two attached hydrogens (primary N) is 1. The van der Waals surface area contributed by atoms with Crippen LogP contribution in [0.15, 0.2) is 6.20 Å². The maximum absolute atomic E-state index is 13.3. The van der Waals surface area contributed by atoms with Gasteiger partial charge in [0.05, 0.1) is 6.20 Å². The smallest absolute Gasteiger partial charge is 0.222 e. The predicted octanol–water partition coefficient (Wildman–Crippen LogP) is 1.41. The topological polar surface area (TPSA) is 84.1 Å². The van der Waals surface area contributed by atoms with Crippen molar-refractivity contribution in [2.24, 2.45) is 5.41 Å². The van der Waals surface area contributed by atoms with Crippen LogP contribution in [0.1, 0.15) is 26.7 Å². The molecule has 0 radical (unpaired) electrons. The quantitative estimate of drug-likeness (QED) is 0.702. The van der Waals surface area contributed by atoms with Gasteiger partial charge in [-0.1, -0.05) is 13.8 Å². The number of nitrogen functional groups attached to an aromatic ring is 1. The zero-order chi connectivity index (χ0) is 12.9. The Bertz CT molecular complexity index is 370. The molecule has 0 unspecified atom stereocenters. The molecule has 4 N–H and O–H groups in total. The Morgan fingerprint density at radius 2 is 2.24 bits per heavy atom. The molecule has 1 aromatic heterocycles. The Balaban J connectivity index is 2.57. The largest absolute Gasteiger partial charge is 0.396 e. The first-order chi connectivity index (χ1) is 7.94. The number of nitrogens with zero attached hydrogens (tertiary/aromatic N) is 2. The monoisotopic (exact) mass is 242 g/mol. The van der Waals surface area contributed by atoms with E-state index in [1.165, 1.54) is 0 Å². The van der Waals surface area contributed by atoms with Crippen molar-refractivity contribution in [1.82, 2.24) is 9.97 Å². The number of hydrogen-bond donors (Lipinski definition) is 3. The van der Waals surface area contributed by atoms with E-state index in [-0.39, 0.29) is 23.8 Å². The lowest BCUT2D eigenvalue weighted by Gasteiger charge is -2.24. The third-order valence-corrected chi connectivity index (χ3v) is 2.51. The van der Waals surface area contributed by atoms with E-state index in [1.54, 1.807) is 0 Å². The van der Waals surface area contributed by atoms with E-state index >= 15 is 0 Å². The van der Waals surface area contributed by atoms with Crippen LogP contribution >= 0.6 is 0 Å². The van der Waals surface area contributed by atoms with Gasteiger partial charge in [0.15, 0.2) is 11.6 Å². The summed E-state index contributed by atoms with van der Waals surface area (Å²) in [4.78, 5) is 7.34. The number of anilines is 2. The highest BCUT2D eigenvalue weighted by molar-refractivity contribution is 5.39. The van der Waals surface area contributed by atoms with Gasteiger partial charge >= 0.3 is 0 Å². The Kier molecular flexibility index (Phi) is 4.62. The van der Waals surface area contributed by atoms with Gasteiger partial charge in [0.25, 0.3) is 0 Å². The number of rotatable bonds is 6. The van der Waals surface area contributed by atoms with E-state index in [2.05, 4.69) is 15.3 Å². The molecule has 6 heteroatoms. The first kappa shape index (κ1) is 13.6. The maximum Gasteiger partial charge on any atom is 0.222 e. The molecule has 17 heavy (non-hydrogen) atoms. The van der Waals surface area contributed by atoms with Gasteiger partial charge in [-0.05, 0) is 18.3 Å². The molecule has 0 amide bonds. The maximum atomic E-state index is 13.3. The Morgan fingerprint density at radius 1 is 1.53 bits per heavy atom. The fourth-order valence-electron chi connectivity index (χ4n) is 1.47. The Hall–Kier alpha value is -1.43. The van der Waals surface area contributed by atoms with Gasteiger partial charge in [0.1, 0.15) is 0 Å².